The molecule has 1 saturated heterocycles. The molecule has 5 nitrogen and oxygen atoms in total. The van der Waals surface area contributed by atoms with Crippen LogP contribution in [0.15, 0.2) is 41.1 Å². The molecule has 1 aromatic heterocycles. The number of carbonyl (C=O) groups is 2. The van der Waals surface area contributed by atoms with Crippen molar-refractivity contribution >= 4 is 28.8 Å². The topological polar surface area (TPSA) is 61.4 Å². The minimum absolute atomic E-state index is 0.0461. The predicted molar refractivity (Wildman–Crippen MR) is 101 cm³/mol. The first-order chi connectivity index (χ1) is 12.2. The van der Waals surface area contributed by atoms with Gasteiger partial charge in [0.2, 0.25) is 5.91 Å². The molecular weight excluding hydrogens is 334 g/mol. The maximum atomic E-state index is 12.4. The lowest BCUT2D eigenvalue weighted by molar-refractivity contribution is -0.117. The van der Waals surface area contributed by atoms with Crippen molar-refractivity contribution in [2.24, 2.45) is 0 Å². The van der Waals surface area contributed by atoms with Crippen LogP contribution >= 0.6 is 11.3 Å². The third-order valence-electron chi connectivity index (χ3n) is 4.38. The molecule has 2 N–H and O–H groups in total. The number of likely N-dealkylation sites (tertiary alicyclic amines) is 1. The molecule has 0 bridgehead atoms. The SMILES string of the molecule is CCNC(=O)c1cccc(NC(=O)CN2CCC[C@H]2c2ccsc2)c1. The highest BCUT2D eigenvalue weighted by atomic mass is 32.1. The van der Waals surface area contributed by atoms with E-state index in [1.807, 2.05) is 6.92 Å². The molecule has 1 aromatic carbocycles. The third kappa shape index (κ3) is 4.46. The zero-order valence-corrected chi connectivity index (χ0v) is 15.1. The molecule has 132 valence electrons. The predicted octanol–water partition coefficient (Wildman–Crippen LogP) is 3.27. The van der Waals surface area contributed by atoms with Crippen LogP contribution in [-0.2, 0) is 4.79 Å². The van der Waals surface area contributed by atoms with Crippen molar-refractivity contribution in [2.45, 2.75) is 25.8 Å². The van der Waals surface area contributed by atoms with E-state index in [9.17, 15) is 9.59 Å². The minimum Gasteiger partial charge on any atom is -0.352 e. The van der Waals surface area contributed by atoms with E-state index in [-0.39, 0.29) is 11.8 Å². The number of hydrogen-bond donors (Lipinski definition) is 2. The molecule has 1 fully saturated rings. The number of nitrogens with zero attached hydrogens (tertiary/aromatic N) is 1. The van der Waals surface area contributed by atoms with E-state index in [0.29, 0.717) is 30.4 Å². The summed E-state index contributed by atoms with van der Waals surface area (Å²) in [5.74, 6) is -0.175. The van der Waals surface area contributed by atoms with Gasteiger partial charge in [0.15, 0.2) is 0 Å². The fourth-order valence-corrected chi connectivity index (χ4v) is 3.95. The van der Waals surface area contributed by atoms with Gasteiger partial charge in [0.25, 0.3) is 5.91 Å². The zero-order valence-electron chi connectivity index (χ0n) is 14.3. The van der Waals surface area contributed by atoms with E-state index in [0.717, 1.165) is 19.4 Å². The monoisotopic (exact) mass is 357 g/mol. The molecule has 1 aliphatic heterocycles. The first-order valence-corrected chi connectivity index (χ1v) is 9.56. The Morgan fingerprint density at radius 2 is 2.20 bits per heavy atom. The van der Waals surface area contributed by atoms with E-state index < -0.39 is 0 Å². The van der Waals surface area contributed by atoms with Gasteiger partial charge < -0.3 is 10.6 Å². The maximum Gasteiger partial charge on any atom is 0.251 e. The number of anilines is 1. The minimum atomic E-state index is -0.129. The molecule has 0 spiro atoms. The van der Waals surface area contributed by atoms with Crippen LogP contribution in [0.4, 0.5) is 5.69 Å². The summed E-state index contributed by atoms with van der Waals surface area (Å²) in [4.78, 5) is 26.6. The van der Waals surface area contributed by atoms with Gasteiger partial charge in [0, 0.05) is 23.8 Å². The number of amides is 2. The first-order valence-electron chi connectivity index (χ1n) is 8.61. The summed E-state index contributed by atoms with van der Waals surface area (Å²) in [6, 6.07) is 9.52. The number of hydrogen-bond acceptors (Lipinski definition) is 4. The molecule has 3 rings (SSSR count). The second-order valence-corrected chi connectivity index (χ2v) is 6.95. The van der Waals surface area contributed by atoms with E-state index in [2.05, 4.69) is 32.4 Å². The number of nitrogens with one attached hydrogen (secondary N) is 2. The van der Waals surface area contributed by atoms with Gasteiger partial charge >= 0.3 is 0 Å². The van der Waals surface area contributed by atoms with Gasteiger partial charge in [0.05, 0.1) is 6.54 Å². The Morgan fingerprint density at radius 3 is 2.96 bits per heavy atom. The number of rotatable bonds is 6. The Balaban J connectivity index is 1.61. The van der Waals surface area contributed by atoms with E-state index in [4.69, 9.17) is 0 Å². The first kappa shape index (κ1) is 17.6. The standard InChI is InChI=1S/C19H23N3O2S/c1-2-20-19(24)14-5-3-6-16(11-14)21-18(23)12-22-9-4-7-17(22)15-8-10-25-13-15/h3,5-6,8,10-11,13,17H,2,4,7,9,12H2,1H3,(H,20,24)(H,21,23)/t17-/m0/s1. The number of carbonyl (C=O) groups excluding carboxylic acids is 2. The van der Waals surface area contributed by atoms with Gasteiger partial charge in [-0.15, -0.1) is 0 Å². The molecule has 1 aliphatic rings. The van der Waals surface area contributed by atoms with Gasteiger partial charge in [0.1, 0.15) is 0 Å². The Kier molecular flexibility index (Phi) is 5.83. The van der Waals surface area contributed by atoms with E-state index >= 15 is 0 Å². The molecule has 0 unspecified atom stereocenters. The van der Waals surface area contributed by atoms with Crippen LogP contribution in [0, 0.1) is 0 Å². The average molecular weight is 357 g/mol. The molecule has 6 heteroatoms. The van der Waals surface area contributed by atoms with Crippen LogP contribution < -0.4 is 10.6 Å². The van der Waals surface area contributed by atoms with Crippen LogP contribution in [0.5, 0.6) is 0 Å². The van der Waals surface area contributed by atoms with Crippen LogP contribution in [0.3, 0.4) is 0 Å². The van der Waals surface area contributed by atoms with E-state index in [1.165, 1.54) is 5.56 Å². The average Bonchev–Trinajstić information content (AvgIpc) is 3.26. The molecular formula is C19H23N3O2S. The summed E-state index contributed by atoms with van der Waals surface area (Å²) >= 11 is 1.69. The van der Waals surface area contributed by atoms with Crippen molar-refractivity contribution in [3.63, 3.8) is 0 Å². The fraction of sp³-hybridized carbons (Fsp3) is 0.368. The Hall–Kier alpha value is -2.18. The maximum absolute atomic E-state index is 12.4. The zero-order chi connectivity index (χ0) is 17.6. The summed E-state index contributed by atoms with van der Waals surface area (Å²) < 4.78 is 0. The Labute approximate surface area is 152 Å². The second-order valence-electron chi connectivity index (χ2n) is 6.17. The van der Waals surface area contributed by atoms with Gasteiger partial charge in [-0.2, -0.15) is 11.3 Å². The lowest BCUT2D eigenvalue weighted by atomic mass is 10.1. The molecule has 2 amide bonds. The van der Waals surface area contributed by atoms with Crippen LogP contribution in [0.1, 0.15) is 41.7 Å². The van der Waals surface area contributed by atoms with Crippen LogP contribution in [0.25, 0.3) is 0 Å². The lowest BCUT2D eigenvalue weighted by Crippen LogP contribution is -2.32. The largest absolute Gasteiger partial charge is 0.352 e. The van der Waals surface area contributed by atoms with Crippen LogP contribution in [0.2, 0.25) is 0 Å². The quantitative estimate of drug-likeness (QED) is 0.834. The smallest absolute Gasteiger partial charge is 0.251 e. The Bertz CT molecular complexity index is 730. The van der Waals surface area contributed by atoms with Crippen LogP contribution in [-0.4, -0.2) is 36.3 Å². The summed E-state index contributed by atoms with van der Waals surface area (Å²) in [5, 5.41) is 9.92. The highest BCUT2D eigenvalue weighted by molar-refractivity contribution is 7.07. The molecule has 2 aromatic rings. The van der Waals surface area contributed by atoms with Gasteiger partial charge in [-0.05, 0) is 66.9 Å². The van der Waals surface area contributed by atoms with Gasteiger partial charge in [-0.1, -0.05) is 6.07 Å². The molecule has 25 heavy (non-hydrogen) atoms. The van der Waals surface area contributed by atoms with Crippen molar-refractivity contribution in [2.75, 3.05) is 25.0 Å². The molecule has 0 radical (unpaired) electrons. The third-order valence-corrected chi connectivity index (χ3v) is 5.09. The van der Waals surface area contributed by atoms with Gasteiger partial charge in [-0.3, -0.25) is 14.5 Å². The van der Waals surface area contributed by atoms with E-state index in [1.54, 1.807) is 35.6 Å². The summed E-state index contributed by atoms with van der Waals surface area (Å²) in [5.41, 5.74) is 2.51. The summed E-state index contributed by atoms with van der Waals surface area (Å²) in [7, 11) is 0. The lowest BCUT2D eigenvalue weighted by Gasteiger charge is -2.23. The highest BCUT2D eigenvalue weighted by Gasteiger charge is 2.27. The van der Waals surface area contributed by atoms with Gasteiger partial charge in [-0.25, -0.2) is 0 Å². The van der Waals surface area contributed by atoms with Crippen molar-refractivity contribution in [1.29, 1.82) is 0 Å². The Morgan fingerprint density at radius 1 is 1.32 bits per heavy atom. The molecule has 2 heterocycles. The summed E-state index contributed by atoms with van der Waals surface area (Å²) in [6.07, 6.45) is 2.21. The fourth-order valence-electron chi connectivity index (χ4n) is 3.24. The number of benzene rings is 1. The number of thiophene rings is 1. The highest BCUT2D eigenvalue weighted by Crippen LogP contribution is 2.32. The second kappa shape index (κ2) is 8.27. The molecule has 0 saturated carbocycles. The van der Waals surface area contributed by atoms with Crippen molar-refractivity contribution in [1.82, 2.24) is 10.2 Å². The molecule has 1 atom stereocenters. The van der Waals surface area contributed by atoms with Crippen molar-refractivity contribution in [3.05, 3.63) is 52.2 Å². The summed E-state index contributed by atoms with van der Waals surface area (Å²) in [6.45, 7) is 3.76. The normalized spacial score (nSPS) is 17.4. The van der Waals surface area contributed by atoms with Crippen molar-refractivity contribution < 1.29 is 9.59 Å². The van der Waals surface area contributed by atoms with Crippen molar-refractivity contribution in [3.8, 4) is 0 Å². The molecule has 0 aliphatic carbocycles.